The maximum Gasteiger partial charge on any atom is 0.262 e. The lowest BCUT2D eigenvalue weighted by molar-refractivity contribution is -0.135. The number of carbonyl (C=O) groups is 1. The second kappa shape index (κ2) is 6.53. The lowest BCUT2D eigenvalue weighted by Gasteiger charge is -2.36. The fraction of sp³-hybridized carbons (Fsp3) is 0.588. The van der Waals surface area contributed by atoms with E-state index in [4.69, 9.17) is 0 Å². The zero-order chi connectivity index (χ0) is 16.4. The first-order chi connectivity index (χ1) is 10.9. The molecular formula is C17H23F2N3O. The summed E-state index contributed by atoms with van der Waals surface area (Å²) in [7, 11) is 0. The molecular weight excluding hydrogens is 300 g/mol. The van der Waals surface area contributed by atoms with E-state index in [1.807, 2.05) is 0 Å². The van der Waals surface area contributed by atoms with Gasteiger partial charge in [-0.15, -0.1) is 0 Å². The van der Waals surface area contributed by atoms with E-state index < -0.39 is 18.5 Å². The molecule has 0 radical (unpaired) electrons. The molecule has 0 aromatic heterocycles. The molecule has 1 atom stereocenters. The number of nitrogens with one attached hydrogen (secondary N) is 1. The minimum absolute atomic E-state index is 0.183. The van der Waals surface area contributed by atoms with Crippen LogP contribution in [0.1, 0.15) is 17.5 Å². The van der Waals surface area contributed by atoms with Crippen LogP contribution in [0.5, 0.6) is 0 Å². The van der Waals surface area contributed by atoms with Gasteiger partial charge in [-0.1, -0.05) is 29.8 Å². The maximum atomic E-state index is 13.2. The summed E-state index contributed by atoms with van der Waals surface area (Å²) >= 11 is 0. The van der Waals surface area contributed by atoms with Crippen LogP contribution in [0.3, 0.4) is 0 Å². The summed E-state index contributed by atoms with van der Waals surface area (Å²) < 4.78 is 26.4. The molecule has 0 bridgehead atoms. The van der Waals surface area contributed by atoms with Crippen molar-refractivity contribution in [3.8, 4) is 0 Å². The number of aryl methyl sites for hydroxylation is 1. The van der Waals surface area contributed by atoms with Crippen LogP contribution in [0.25, 0.3) is 0 Å². The molecule has 0 spiro atoms. The maximum absolute atomic E-state index is 13.2. The Labute approximate surface area is 135 Å². The van der Waals surface area contributed by atoms with Gasteiger partial charge in [0.25, 0.3) is 5.92 Å². The van der Waals surface area contributed by atoms with Crippen LogP contribution in [-0.2, 0) is 11.3 Å². The lowest BCUT2D eigenvalue weighted by atomic mass is 10.1. The number of nitrogens with zero attached hydrogens (tertiary/aromatic N) is 2. The molecule has 4 nitrogen and oxygen atoms in total. The van der Waals surface area contributed by atoms with E-state index in [9.17, 15) is 13.6 Å². The number of piperazine rings is 1. The van der Waals surface area contributed by atoms with Crippen molar-refractivity contribution in [1.82, 2.24) is 15.1 Å². The molecule has 2 heterocycles. The number of rotatable bonds is 3. The van der Waals surface area contributed by atoms with Crippen LogP contribution in [0.15, 0.2) is 24.3 Å². The Hall–Kier alpha value is -1.53. The quantitative estimate of drug-likeness (QED) is 0.918. The van der Waals surface area contributed by atoms with E-state index in [-0.39, 0.29) is 12.3 Å². The van der Waals surface area contributed by atoms with Gasteiger partial charge in [0.05, 0.1) is 12.6 Å². The highest BCUT2D eigenvalue weighted by molar-refractivity contribution is 5.82. The molecule has 1 aromatic carbocycles. The van der Waals surface area contributed by atoms with Crippen molar-refractivity contribution < 1.29 is 13.6 Å². The van der Waals surface area contributed by atoms with E-state index in [0.29, 0.717) is 13.1 Å². The summed E-state index contributed by atoms with van der Waals surface area (Å²) in [5.74, 6) is -2.94. The zero-order valence-electron chi connectivity index (χ0n) is 13.4. The van der Waals surface area contributed by atoms with Crippen molar-refractivity contribution in [2.24, 2.45) is 0 Å². The summed E-state index contributed by atoms with van der Waals surface area (Å²) in [5.41, 5.74) is 2.51. The summed E-state index contributed by atoms with van der Waals surface area (Å²) in [6.07, 6.45) is -0.380. The first-order valence-corrected chi connectivity index (χ1v) is 8.11. The third-order valence-corrected chi connectivity index (χ3v) is 4.58. The fourth-order valence-corrected chi connectivity index (χ4v) is 3.31. The molecule has 0 saturated carbocycles. The number of halogens is 2. The number of carbonyl (C=O) groups excluding carboxylic acids is 1. The van der Waals surface area contributed by atoms with Crippen molar-refractivity contribution in [2.75, 3.05) is 32.7 Å². The van der Waals surface area contributed by atoms with Gasteiger partial charge >= 0.3 is 0 Å². The van der Waals surface area contributed by atoms with Gasteiger partial charge in [0.1, 0.15) is 0 Å². The molecule has 3 rings (SSSR count). The summed E-state index contributed by atoms with van der Waals surface area (Å²) in [6.45, 7) is 5.32. The average molecular weight is 323 g/mol. The Kier molecular flexibility index (Phi) is 4.64. The lowest BCUT2D eigenvalue weighted by Crippen LogP contribution is -2.52. The Bertz CT molecular complexity index is 571. The Balaban J connectivity index is 1.49. The topological polar surface area (TPSA) is 35.6 Å². The van der Waals surface area contributed by atoms with Crippen molar-refractivity contribution in [2.45, 2.75) is 31.9 Å². The third-order valence-electron chi connectivity index (χ3n) is 4.58. The van der Waals surface area contributed by atoms with E-state index in [0.717, 1.165) is 19.6 Å². The molecule has 0 aliphatic carbocycles. The van der Waals surface area contributed by atoms with E-state index >= 15 is 0 Å². The van der Waals surface area contributed by atoms with Crippen molar-refractivity contribution in [3.63, 3.8) is 0 Å². The monoisotopic (exact) mass is 323 g/mol. The molecule has 2 fully saturated rings. The van der Waals surface area contributed by atoms with Crippen LogP contribution in [0.2, 0.25) is 0 Å². The first-order valence-electron chi connectivity index (χ1n) is 8.11. The average Bonchev–Trinajstić information content (AvgIpc) is 2.87. The second-order valence-corrected chi connectivity index (χ2v) is 6.58. The predicted molar refractivity (Wildman–Crippen MR) is 84.4 cm³/mol. The van der Waals surface area contributed by atoms with Gasteiger partial charge < -0.3 is 4.90 Å². The number of hydrogen-bond acceptors (Lipinski definition) is 3. The number of alkyl halides is 2. The molecule has 1 N–H and O–H groups in total. The highest BCUT2D eigenvalue weighted by Crippen LogP contribution is 2.26. The van der Waals surface area contributed by atoms with Crippen LogP contribution in [0.4, 0.5) is 8.78 Å². The molecule has 2 aliphatic rings. The summed E-state index contributed by atoms with van der Waals surface area (Å²) in [5, 5.41) is 2.65. The van der Waals surface area contributed by atoms with Gasteiger partial charge in [-0.25, -0.2) is 8.78 Å². The van der Waals surface area contributed by atoms with Crippen LogP contribution >= 0.6 is 0 Å². The van der Waals surface area contributed by atoms with Crippen molar-refractivity contribution in [3.05, 3.63) is 35.4 Å². The van der Waals surface area contributed by atoms with Crippen LogP contribution in [-0.4, -0.2) is 60.4 Å². The molecule has 1 unspecified atom stereocenters. The van der Waals surface area contributed by atoms with Gasteiger partial charge in [-0.05, 0) is 12.5 Å². The zero-order valence-corrected chi connectivity index (χ0v) is 13.4. The third kappa shape index (κ3) is 4.06. The minimum atomic E-state index is -2.76. The molecule has 23 heavy (non-hydrogen) atoms. The van der Waals surface area contributed by atoms with Gasteiger partial charge in [0.15, 0.2) is 0 Å². The fourth-order valence-electron chi connectivity index (χ4n) is 3.31. The van der Waals surface area contributed by atoms with Crippen molar-refractivity contribution >= 4 is 5.91 Å². The Morgan fingerprint density at radius 1 is 1.30 bits per heavy atom. The normalized spacial score (nSPS) is 24.8. The van der Waals surface area contributed by atoms with E-state index in [2.05, 4.69) is 41.4 Å². The minimum Gasteiger partial charge on any atom is -0.339 e. The number of amides is 1. The predicted octanol–water partition coefficient (Wildman–Crippen LogP) is 1.64. The Morgan fingerprint density at radius 3 is 2.65 bits per heavy atom. The van der Waals surface area contributed by atoms with Crippen molar-refractivity contribution in [1.29, 1.82) is 0 Å². The first kappa shape index (κ1) is 16.3. The van der Waals surface area contributed by atoms with E-state index in [1.165, 1.54) is 11.1 Å². The van der Waals surface area contributed by atoms with Gasteiger partial charge in [-0.2, -0.15) is 0 Å². The molecule has 2 saturated heterocycles. The Morgan fingerprint density at radius 2 is 2.04 bits per heavy atom. The highest BCUT2D eigenvalue weighted by Gasteiger charge is 2.43. The standard InChI is InChI=1S/C17H23F2N3O/c1-13-3-2-4-14(9-13)11-21-5-7-22(8-6-21)16(23)15-10-17(18,19)12-20-15/h2-4,9,15,20H,5-8,10-12H2,1H3. The number of hydrogen-bond donors (Lipinski definition) is 1. The largest absolute Gasteiger partial charge is 0.339 e. The van der Waals surface area contributed by atoms with Gasteiger partial charge in [0, 0.05) is 39.1 Å². The molecule has 2 aliphatic heterocycles. The SMILES string of the molecule is Cc1cccc(CN2CCN(C(=O)C3CC(F)(F)CN3)CC2)c1. The second-order valence-electron chi connectivity index (χ2n) is 6.58. The van der Waals surface area contributed by atoms with Gasteiger partial charge in [0.2, 0.25) is 5.91 Å². The molecule has 126 valence electrons. The molecule has 6 heteroatoms. The summed E-state index contributed by atoms with van der Waals surface area (Å²) in [4.78, 5) is 16.3. The molecule has 1 amide bonds. The smallest absolute Gasteiger partial charge is 0.262 e. The van der Waals surface area contributed by atoms with Gasteiger partial charge in [-0.3, -0.25) is 15.0 Å². The van der Waals surface area contributed by atoms with Crippen LogP contribution < -0.4 is 5.32 Å². The number of benzene rings is 1. The highest BCUT2D eigenvalue weighted by atomic mass is 19.3. The van der Waals surface area contributed by atoms with Crippen LogP contribution in [0, 0.1) is 6.92 Å². The summed E-state index contributed by atoms with van der Waals surface area (Å²) in [6, 6.07) is 7.67. The molecule has 1 aromatic rings. The van der Waals surface area contributed by atoms with E-state index in [1.54, 1.807) is 4.90 Å².